The predicted molar refractivity (Wildman–Crippen MR) is 243 cm³/mol. The van der Waals surface area contributed by atoms with Gasteiger partial charge in [-0.3, -0.25) is 0 Å². The van der Waals surface area contributed by atoms with E-state index in [0.717, 1.165) is 39.2 Å². The van der Waals surface area contributed by atoms with E-state index < -0.39 is 5.41 Å². The zero-order valence-corrected chi connectivity index (χ0v) is 32.2. The van der Waals surface area contributed by atoms with Crippen LogP contribution in [0.2, 0.25) is 0 Å². The Balaban J connectivity index is 1.05. The number of hydrogen-bond donors (Lipinski definition) is 0. The lowest BCUT2D eigenvalue weighted by atomic mass is 9.69. The third-order valence-corrected chi connectivity index (χ3v) is 12.5. The van der Waals surface area contributed by atoms with E-state index >= 15 is 0 Å². The highest BCUT2D eigenvalue weighted by molar-refractivity contribution is 6.09. The Morgan fingerprint density at radius 3 is 1.46 bits per heavy atom. The van der Waals surface area contributed by atoms with E-state index in [1.165, 1.54) is 66.4 Å². The molecule has 0 unspecified atom stereocenters. The maximum atomic E-state index is 5.14. The molecule has 1 aromatic heterocycles. The molecule has 2 aliphatic rings. The molecule has 1 spiro atoms. The van der Waals surface area contributed by atoms with Crippen molar-refractivity contribution in [3.8, 4) is 78.4 Å². The van der Waals surface area contributed by atoms with Gasteiger partial charge in [-0.1, -0.05) is 194 Å². The molecule has 0 bridgehead atoms. The van der Waals surface area contributed by atoms with Crippen molar-refractivity contribution in [2.45, 2.75) is 5.41 Å². The monoisotopic (exact) mass is 748 g/mol. The maximum absolute atomic E-state index is 5.14. The van der Waals surface area contributed by atoms with Crippen LogP contribution < -0.4 is 0 Å². The molecule has 0 fully saturated rings. The van der Waals surface area contributed by atoms with E-state index in [4.69, 9.17) is 9.97 Å². The van der Waals surface area contributed by atoms with Gasteiger partial charge in [-0.2, -0.15) is 0 Å². The Kier molecular flexibility index (Phi) is 7.48. The van der Waals surface area contributed by atoms with E-state index in [9.17, 15) is 0 Å². The van der Waals surface area contributed by atoms with Crippen molar-refractivity contribution in [1.29, 1.82) is 0 Å². The van der Waals surface area contributed by atoms with Crippen LogP contribution in [0.25, 0.3) is 89.2 Å². The van der Waals surface area contributed by atoms with Crippen LogP contribution in [0.15, 0.2) is 218 Å². The second kappa shape index (κ2) is 13.2. The number of hydrogen-bond acceptors (Lipinski definition) is 2. The number of fused-ring (bicyclic) bond motifs is 12. The van der Waals surface area contributed by atoms with E-state index in [2.05, 4.69) is 194 Å². The second-order valence-electron chi connectivity index (χ2n) is 15.6. The average Bonchev–Trinajstić information content (AvgIpc) is 3.80. The van der Waals surface area contributed by atoms with Gasteiger partial charge in [-0.25, -0.2) is 9.97 Å². The van der Waals surface area contributed by atoms with E-state index in [1.54, 1.807) is 0 Å². The number of aromatic nitrogens is 2. The van der Waals surface area contributed by atoms with Gasteiger partial charge >= 0.3 is 0 Å². The van der Waals surface area contributed by atoms with Crippen molar-refractivity contribution in [2.75, 3.05) is 0 Å². The number of benzene rings is 9. The molecule has 0 aliphatic heterocycles. The minimum absolute atomic E-state index is 0.435. The zero-order valence-electron chi connectivity index (χ0n) is 32.2. The van der Waals surface area contributed by atoms with Crippen molar-refractivity contribution in [2.24, 2.45) is 0 Å². The quantitative estimate of drug-likeness (QED) is 0.175. The molecule has 0 N–H and O–H groups in total. The SMILES string of the molecule is c1ccc(-c2cc(-c3cccc(-c4cccc(-c5cc6ccccc6c6c5-c5ccccc5C65c6ccccc6-c6ccccc65)c4)c3)nc(-c3ccccc3)n2)cc1. The van der Waals surface area contributed by atoms with Gasteiger partial charge in [0.2, 0.25) is 0 Å². The number of rotatable bonds is 5. The Bertz CT molecular complexity index is 3170. The van der Waals surface area contributed by atoms with Crippen LogP contribution in [0.5, 0.6) is 0 Å². The first-order chi connectivity index (χ1) is 29.3. The molecule has 2 heteroatoms. The first kappa shape index (κ1) is 33.5. The molecule has 2 aliphatic carbocycles. The molecule has 59 heavy (non-hydrogen) atoms. The molecule has 0 saturated heterocycles. The van der Waals surface area contributed by atoms with Crippen molar-refractivity contribution < 1.29 is 0 Å². The minimum atomic E-state index is -0.435. The summed E-state index contributed by atoms with van der Waals surface area (Å²) in [7, 11) is 0. The first-order valence-corrected chi connectivity index (χ1v) is 20.3. The molecule has 0 radical (unpaired) electrons. The molecule has 274 valence electrons. The van der Waals surface area contributed by atoms with Gasteiger partial charge < -0.3 is 0 Å². The lowest BCUT2D eigenvalue weighted by molar-refractivity contribution is 0.801. The molecule has 0 atom stereocenters. The van der Waals surface area contributed by atoms with Gasteiger partial charge in [0.25, 0.3) is 0 Å². The third kappa shape index (κ3) is 5.06. The van der Waals surface area contributed by atoms with Crippen molar-refractivity contribution >= 4 is 10.8 Å². The molecule has 2 nitrogen and oxygen atoms in total. The van der Waals surface area contributed by atoms with Crippen molar-refractivity contribution in [3.05, 3.63) is 241 Å². The molecule has 9 aromatic carbocycles. The molecular weight excluding hydrogens is 713 g/mol. The molecule has 0 saturated carbocycles. The fraction of sp³-hybridized carbons (Fsp3) is 0.0175. The summed E-state index contributed by atoms with van der Waals surface area (Å²) in [6.07, 6.45) is 0. The largest absolute Gasteiger partial charge is 0.228 e. The Morgan fingerprint density at radius 1 is 0.305 bits per heavy atom. The maximum Gasteiger partial charge on any atom is 0.160 e. The van der Waals surface area contributed by atoms with Crippen LogP contribution in [0.3, 0.4) is 0 Å². The predicted octanol–water partition coefficient (Wildman–Crippen LogP) is 14.3. The van der Waals surface area contributed by atoms with Gasteiger partial charge in [-0.15, -0.1) is 0 Å². The van der Waals surface area contributed by atoms with Crippen molar-refractivity contribution in [1.82, 2.24) is 9.97 Å². The normalized spacial score (nSPS) is 12.9. The Morgan fingerprint density at radius 2 is 0.780 bits per heavy atom. The average molecular weight is 749 g/mol. The third-order valence-electron chi connectivity index (χ3n) is 12.5. The Hall–Kier alpha value is -7.68. The van der Waals surface area contributed by atoms with Gasteiger partial charge in [0.1, 0.15) is 0 Å². The van der Waals surface area contributed by atoms with Crippen LogP contribution in [-0.4, -0.2) is 9.97 Å². The van der Waals surface area contributed by atoms with E-state index in [0.29, 0.717) is 5.82 Å². The second-order valence-corrected chi connectivity index (χ2v) is 15.6. The fourth-order valence-corrected chi connectivity index (χ4v) is 9.99. The summed E-state index contributed by atoms with van der Waals surface area (Å²) in [5.74, 6) is 0.713. The minimum Gasteiger partial charge on any atom is -0.228 e. The molecular formula is C57H36N2. The molecule has 12 rings (SSSR count). The summed E-state index contributed by atoms with van der Waals surface area (Å²) in [6, 6.07) is 79.3. The highest BCUT2D eigenvalue weighted by Crippen LogP contribution is 2.65. The highest BCUT2D eigenvalue weighted by Gasteiger charge is 2.52. The van der Waals surface area contributed by atoms with Crippen LogP contribution in [0.1, 0.15) is 22.3 Å². The fourth-order valence-electron chi connectivity index (χ4n) is 9.99. The van der Waals surface area contributed by atoms with Gasteiger partial charge in [0.15, 0.2) is 5.82 Å². The Labute approximate surface area is 343 Å². The van der Waals surface area contributed by atoms with Crippen LogP contribution >= 0.6 is 0 Å². The molecule has 1 heterocycles. The van der Waals surface area contributed by atoms with Crippen LogP contribution in [-0.2, 0) is 5.41 Å². The summed E-state index contributed by atoms with van der Waals surface area (Å²) in [4.78, 5) is 10.2. The lowest BCUT2D eigenvalue weighted by Crippen LogP contribution is -2.26. The van der Waals surface area contributed by atoms with E-state index in [1.807, 2.05) is 24.3 Å². The molecule has 10 aromatic rings. The zero-order chi connectivity index (χ0) is 38.9. The highest BCUT2D eigenvalue weighted by atomic mass is 14.9. The summed E-state index contributed by atoms with van der Waals surface area (Å²) in [5, 5.41) is 2.54. The summed E-state index contributed by atoms with van der Waals surface area (Å²) in [5.41, 5.74) is 19.9. The molecule has 0 amide bonds. The topological polar surface area (TPSA) is 25.8 Å². The summed E-state index contributed by atoms with van der Waals surface area (Å²) < 4.78 is 0. The summed E-state index contributed by atoms with van der Waals surface area (Å²) >= 11 is 0. The first-order valence-electron chi connectivity index (χ1n) is 20.3. The smallest absolute Gasteiger partial charge is 0.160 e. The van der Waals surface area contributed by atoms with Crippen LogP contribution in [0, 0.1) is 0 Å². The van der Waals surface area contributed by atoms with Gasteiger partial charge in [0, 0.05) is 16.7 Å². The lowest BCUT2D eigenvalue weighted by Gasteiger charge is -2.31. The van der Waals surface area contributed by atoms with Gasteiger partial charge in [0.05, 0.1) is 16.8 Å². The number of nitrogens with zero attached hydrogens (tertiary/aromatic N) is 2. The van der Waals surface area contributed by atoms with Crippen molar-refractivity contribution in [3.63, 3.8) is 0 Å². The van der Waals surface area contributed by atoms with Crippen LogP contribution in [0.4, 0.5) is 0 Å². The van der Waals surface area contributed by atoms with E-state index in [-0.39, 0.29) is 0 Å². The van der Waals surface area contributed by atoms with Gasteiger partial charge in [-0.05, 0) is 102 Å². The summed E-state index contributed by atoms with van der Waals surface area (Å²) in [6.45, 7) is 0. The standard InChI is InChI=1S/C57H36N2/c1-3-17-37(18-4-1)52-36-53(59-56(58-52)38-19-5-2-6-20-38)43-25-16-23-40(34-43)39-22-15-24-41(33-39)48-35-42-21-7-8-26-44(42)55-54(48)47-29-11-14-32-51(47)57(55)49-30-12-9-27-45(49)46-28-10-13-31-50(46)57/h1-36H.